The number of rotatable bonds is 2. The molecule has 0 N–H and O–H groups in total. The highest BCUT2D eigenvalue weighted by atomic mass is 35.5. The lowest BCUT2D eigenvalue weighted by Gasteiger charge is -2.27. The van der Waals surface area contributed by atoms with Crippen LogP contribution in [0.5, 0.6) is 5.75 Å². The lowest BCUT2D eigenvalue weighted by Crippen LogP contribution is -2.39. The van der Waals surface area contributed by atoms with Crippen LogP contribution in [-0.4, -0.2) is 10.8 Å². The van der Waals surface area contributed by atoms with E-state index < -0.39 is 10.8 Å². The van der Waals surface area contributed by atoms with E-state index in [0.29, 0.717) is 5.02 Å². The lowest BCUT2D eigenvalue weighted by atomic mass is 10.1. The number of allylic oxidation sites excluding steroid dienone is 2. The average molecular weight is 393 g/mol. The Labute approximate surface area is 144 Å². The van der Waals surface area contributed by atoms with Gasteiger partial charge < -0.3 is 4.74 Å². The topological polar surface area (TPSA) is 26.3 Å². The van der Waals surface area contributed by atoms with Gasteiger partial charge in [-0.1, -0.05) is 69.6 Å². The zero-order chi connectivity index (χ0) is 15.1. The van der Waals surface area contributed by atoms with Gasteiger partial charge in [-0.25, -0.2) is 0 Å². The zero-order valence-electron chi connectivity index (χ0n) is 9.39. The van der Waals surface area contributed by atoms with Crippen LogP contribution in [0, 0.1) is 0 Å². The third kappa shape index (κ3) is 3.22. The van der Waals surface area contributed by atoms with Gasteiger partial charge in [-0.05, 0) is 18.2 Å². The molecule has 1 aliphatic rings. The van der Waals surface area contributed by atoms with E-state index >= 15 is 0 Å². The Morgan fingerprint density at radius 2 is 1.55 bits per heavy atom. The molecule has 2 rings (SSSR count). The lowest BCUT2D eigenvalue weighted by molar-refractivity contribution is -0.121. The van der Waals surface area contributed by atoms with E-state index in [1.807, 2.05) is 0 Å². The summed E-state index contributed by atoms with van der Waals surface area (Å²) in [7, 11) is 0. The van der Waals surface area contributed by atoms with Crippen molar-refractivity contribution in [2.45, 2.75) is 5.06 Å². The summed E-state index contributed by atoms with van der Waals surface area (Å²) < 4.78 is 5.42. The third-order valence-corrected chi connectivity index (χ3v) is 3.96. The van der Waals surface area contributed by atoms with E-state index in [0.717, 1.165) is 0 Å². The van der Waals surface area contributed by atoms with Crippen molar-refractivity contribution in [1.82, 2.24) is 0 Å². The SMILES string of the molecule is O=C1C(Cl)=CC(Cl)=CC1(Cl)Oc1c(Cl)cc(Cl)cc1Cl. The molecule has 1 unspecified atom stereocenters. The molecule has 0 aliphatic heterocycles. The van der Waals surface area contributed by atoms with Crippen LogP contribution in [-0.2, 0) is 4.79 Å². The Bertz CT molecular complexity index is 628. The molecule has 0 heterocycles. The Balaban J connectivity index is 2.44. The molecule has 0 aromatic heterocycles. The summed E-state index contributed by atoms with van der Waals surface area (Å²) in [6.07, 6.45) is 2.46. The summed E-state index contributed by atoms with van der Waals surface area (Å²) in [5, 5.41) is -1.39. The van der Waals surface area contributed by atoms with Crippen LogP contribution in [0.2, 0.25) is 15.1 Å². The minimum absolute atomic E-state index is 0.00756. The maximum absolute atomic E-state index is 12.0. The maximum atomic E-state index is 12.0. The van der Waals surface area contributed by atoms with Crippen molar-refractivity contribution < 1.29 is 9.53 Å². The van der Waals surface area contributed by atoms with Crippen LogP contribution in [0.1, 0.15) is 0 Å². The Hall–Kier alpha value is -0.0900. The van der Waals surface area contributed by atoms with Gasteiger partial charge in [0.1, 0.15) is 0 Å². The summed E-state index contributed by atoms with van der Waals surface area (Å²) in [5.41, 5.74) is 0. The minimum Gasteiger partial charge on any atom is -0.457 e. The number of benzene rings is 1. The van der Waals surface area contributed by atoms with Crippen molar-refractivity contribution in [3.8, 4) is 5.75 Å². The highest BCUT2D eigenvalue weighted by Crippen LogP contribution is 2.41. The van der Waals surface area contributed by atoms with Crippen LogP contribution in [0.25, 0.3) is 0 Å². The van der Waals surface area contributed by atoms with Crippen LogP contribution in [0.4, 0.5) is 0 Å². The monoisotopic (exact) mass is 390 g/mol. The molecule has 0 radical (unpaired) electrons. The Morgan fingerprint density at radius 1 is 1.00 bits per heavy atom. The Kier molecular flexibility index (Phi) is 4.85. The maximum Gasteiger partial charge on any atom is 0.267 e. The Morgan fingerprint density at radius 3 is 2.10 bits per heavy atom. The normalized spacial score (nSPS) is 22.4. The number of ether oxygens (including phenoxy) is 1. The van der Waals surface area contributed by atoms with Crippen LogP contribution in [0.3, 0.4) is 0 Å². The van der Waals surface area contributed by atoms with E-state index in [-0.39, 0.29) is 25.9 Å². The molecule has 8 heteroatoms. The quantitative estimate of drug-likeness (QED) is 0.595. The van der Waals surface area contributed by atoms with Gasteiger partial charge in [-0.15, -0.1) is 0 Å². The first-order chi connectivity index (χ1) is 9.23. The van der Waals surface area contributed by atoms with Gasteiger partial charge in [0.05, 0.1) is 15.1 Å². The first kappa shape index (κ1) is 16.3. The molecule has 106 valence electrons. The standard InChI is InChI=1S/C12H4Cl6O2/c13-5-1-7(15)10(8(16)2-5)20-12(18)4-6(14)3-9(17)11(12)19/h1-4H. The second-order valence-electron chi connectivity index (χ2n) is 3.80. The van der Waals surface area contributed by atoms with Gasteiger partial charge >= 0.3 is 0 Å². The van der Waals surface area contributed by atoms with Crippen LogP contribution in [0.15, 0.2) is 34.3 Å². The van der Waals surface area contributed by atoms with Crippen molar-refractivity contribution >= 4 is 75.4 Å². The fraction of sp³-hybridized carbons (Fsp3) is 0.0833. The summed E-state index contributed by atoms with van der Waals surface area (Å²) >= 11 is 35.4. The first-order valence-corrected chi connectivity index (χ1v) is 7.32. The molecular formula is C12H4Cl6O2. The van der Waals surface area contributed by atoms with Crippen molar-refractivity contribution in [2.24, 2.45) is 0 Å². The highest BCUT2D eigenvalue weighted by molar-refractivity contribution is 6.52. The van der Waals surface area contributed by atoms with E-state index in [2.05, 4.69) is 0 Å². The molecule has 0 bridgehead atoms. The third-order valence-electron chi connectivity index (χ3n) is 2.33. The van der Waals surface area contributed by atoms with E-state index in [1.54, 1.807) is 0 Å². The number of halogens is 6. The van der Waals surface area contributed by atoms with Gasteiger partial charge in [0.25, 0.3) is 5.06 Å². The summed E-state index contributed by atoms with van der Waals surface area (Å²) in [6, 6.07) is 2.81. The van der Waals surface area contributed by atoms with Gasteiger partial charge in [-0.2, -0.15) is 0 Å². The van der Waals surface area contributed by atoms with Crippen molar-refractivity contribution in [3.63, 3.8) is 0 Å². The van der Waals surface area contributed by atoms with Gasteiger partial charge in [0.2, 0.25) is 5.78 Å². The molecule has 0 saturated carbocycles. The number of carbonyl (C=O) groups is 1. The first-order valence-electron chi connectivity index (χ1n) is 5.06. The molecule has 2 nitrogen and oxygen atoms in total. The van der Waals surface area contributed by atoms with E-state index in [4.69, 9.17) is 74.3 Å². The fourth-order valence-corrected chi connectivity index (χ4v) is 3.36. The molecular weight excluding hydrogens is 389 g/mol. The largest absolute Gasteiger partial charge is 0.457 e. The number of hydrogen-bond donors (Lipinski definition) is 0. The molecule has 0 amide bonds. The van der Waals surface area contributed by atoms with Gasteiger partial charge in [-0.3, -0.25) is 4.79 Å². The number of hydrogen-bond acceptors (Lipinski definition) is 2. The number of carbonyl (C=O) groups excluding carboxylic acids is 1. The van der Waals surface area contributed by atoms with Gasteiger partial charge in [0, 0.05) is 16.1 Å². The molecule has 1 aliphatic carbocycles. The van der Waals surface area contributed by atoms with Crippen LogP contribution < -0.4 is 4.74 Å². The van der Waals surface area contributed by atoms with Gasteiger partial charge in [0.15, 0.2) is 5.75 Å². The van der Waals surface area contributed by atoms with Crippen LogP contribution >= 0.6 is 69.6 Å². The smallest absolute Gasteiger partial charge is 0.267 e. The molecule has 20 heavy (non-hydrogen) atoms. The molecule has 1 aromatic rings. The fourth-order valence-electron chi connectivity index (χ4n) is 1.48. The van der Waals surface area contributed by atoms with Crippen molar-refractivity contribution in [1.29, 1.82) is 0 Å². The molecule has 0 spiro atoms. The summed E-state index contributed by atoms with van der Waals surface area (Å²) in [6.45, 7) is 0. The average Bonchev–Trinajstić information content (AvgIpc) is 2.31. The molecule has 1 aromatic carbocycles. The minimum atomic E-state index is -1.91. The van der Waals surface area contributed by atoms with Crippen molar-refractivity contribution in [2.75, 3.05) is 0 Å². The molecule has 1 atom stereocenters. The zero-order valence-corrected chi connectivity index (χ0v) is 13.9. The predicted octanol–water partition coefficient (Wildman–Crippen LogP) is 5.79. The number of ketones is 1. The highest BCUT2D eigenvalue weighted by Gasteiger charge is 2.42. The van der Waals surface area contributed by atoms with Crippen molar-refractivity contribution in [3.05, 3.63) is 49.4 Å². The predicted molar refractivity (Wildman–Crippen MR) is 83.6 cm³/mol. The summed E-state index contributed by atoms with van der Waals surface area (Å²) in [5.74, 6) is -0.666. The number of alkyl halides is 1. The van der Waals surface area contributed by atoms with E-state index in [1.165, 1.54) is 24.3 Å². The molecule has 0 saturated heterocycles. The summed E-state index contributed by atoms with van der Waals surface area (Å²) in [4.78, 5) is 12.0. The second kappa shape index (κ2) is 5.96. The number of Topliss-reactive ketones (excluding diaryl/α,β-unsaturated/α-hetero) is 1. The van der Waals surface area contributed by atoms with E-state index in [9.17, 15) is 4.79 Å². The second-order valence-corrected chi connectivity index (χ2v) is 6.45. The molecule has 0 fully saturated rings.